The number of amides is 1. The van der Waals surface area contributed by atoms with Crippen molar-refractivity contribution in [2.45, 2.75) is 29.6 Å². The summed E-state index contributed by atoms with van der Waals surface area (Å²) in [6.07, 6.45) is 2.02. The van der Waals surface area contributed by atoms with E-state index in [-0.39, 0.29) is 5.91 Å². The molecule has 1 amide bonds. The first-order valence-electron chi connectivity index (χ1n) is 9.70. The van der Waals surface area contributed by atoms with Gasteiger partial charge in [0, 0.05) is 38.0 Å². The maximum Gasteiger partial charge on any atom is 0.251 e. The third-order valence-electron chi connectivity index (χ3n) is 4.76. The molecule has 1 heterocycles. The third kappa shape index (κ3) is 4.24. The standard InChI is InChI=1S/C24H21ClN2OS/c1-2-3-14-26-24(28)16-12-13-22-20(15-16)27-23(17-8-4-6-10-19(17)25)18-9-5-7-11-21(18)29-22/h4-13,15H,2-3,14H2,1H3,(H,26,28). The number of nitrogens with zero attached hydrogens (tertiary/aromatic N) is 1. The fraction of sp³-hybridized carbons (Fsp3) is 0.167. The van der Waals surface area contributed by atoms with Gasteiger partial charge < -0.3 is 5.32 Å². The van der Waals surface area contributed by atoms with Crippen molar-refractivity contribution < 1.29 is 4.79 Å². The zero-order valence-electron chi connectivity index (χ0n) is 16.1. The van der Waals surface area contributed by atoms with Crippen LogP contribution in [0.25, 0.3) is 0 Å². The summed E-state index contributed by atoms with van der Waals surface area (Å²) in [6, 6.07) is 21.6. The van der Waals surface area contributed by atoms with Crippen LogP contribution in [-0.4, -0.2) is 18.2 Å². The highest BCUT2D eigenvalue weighted by atomic mass is 35.5. The normalized spacial score (nSPS) is 12.4. The predicted octanol–water partition coefficient (Wildman–Crippen LogP) is 6.50. The summed E-state index contributed by atoms with van der Waals surface area (Å²) in [6.45, 7) is 2.79. The molecule has 29 heavy (non-hydrogen) atoms. The highest BCUT2D eigenvalue weighted by Crippen LogP contribution is 2.42. The van der Waals surface area contributed by atoms with Gasteiger partial charge in [-0.25, -0.2) is 4.99 Å². The van der Waals surface area contributed by atoms with Gasteiger partial charge in [0.05, 0.1) is 11.4 Å². The van der Waals surface area contributed by atoms with Gasteiger partial charge in [0.15, 0.2) is 0 Å². The lowest BCUT2D eigenvalue weighted by Crippen LogP contribution is -2.24. The molecular weight excluding hydrogens is 400 g/mol. The van der Waals surface area contributed by atoms with E-state index in [4.69, 9.17) is 16.6 Å². The summed E-state index contributed by atoms with van der Waals surface area (Å²) in [7, 11) is 0. The van der Waals surface area contributed by atoms with E-state index in [2.05, 4.69) is 24.4 Å². The summed E-state index contributed by atoms with van der Waals surface area (Å²) in [5.41, 5.74) is 4.14. The topological polar surface area (TPSA) is 41.5 Å². The highest BCUT2D eigenvalue weighted by molar-refractivity contribution is 7.99. The largest absolute Gasteiger partial charge is 0.352 e. The van der Waals surface area contributed by atoms with E-state index in [1.807, 2.05) is 54.6 Å². The van der Waals surface area contributed by atoms with Gasteiger partial charge in [-0.3, -0.25) is 4.79 Å². The molecule has 1 aliphatic rings. The summed E-state index contributed by atoms with van der Waals surface area (Å²) in [5, 5.41) is 3.63. The fourth-order valence-electron chi connectivity index (χ4n) is 3.22. The van der Waals surface area contributed by atoms with Crippen LogP contribution in [0.15, 0.2) is 81.5 Å². The molecule has 3 aromatic carbocycles. The summed E-state index contributed by atoms with van der Waals surface area (Å²) in [5.74, 6) is -0.0671. The third-order valence-corrected chi connectivity index (χ3v) is 6.23. The van der Waals surface area contributed by atoms with Crippen LogP contribution >= 0.6 is 23.4 Å². The second-order valence-corrected chi connectivity index (χ2v) is 8.32. The Balaban J connectivity index is 1.81. The molecule has 5 heteroatoms. The number of hydrogen-bond donors (Lipinski definition) is 1. The van der Waals surface area contributed by atoms with Crippen molar-refractivity contribution in [3.63, 3.8) is 0 Å². The van der Waals surface area contributed by atoms with Crippen molar-refractivity contribution in [2.24, 2.45) is 4.99 Å². The number of hydrogen-bond acceptors (Lipinski definition) is 3. The number of carbonyl (C=O) groups excluding carboxylic acids is 1. The second-order valence-electron chi connectivity index (χ2n) is 6.83. The van der Waals surface area contributed by atoms with E-state index in [9.17, 15) is 4.79 Å². The predicted molar refractivity (Wildman–Crippen MR) is 121 cm³/mol. The number of rotatable bonds is 5. The number of halogens is 1. The van der Waals surface area contributed by atoms with Crippen LogP contribution in [0.4, 0.5) is 5.69 Å². The Hall–Kier alpha value is -2.56. The van der Waals surface area contributed by atoms with Gasteiger partial charge in [0.25, 0.3) is 5.91 Å². The lowest BCUT2D eigenvalue weighted by atomic mass is 10.0. The minimum absolute atomic E-state index is 0.0671. The number of fused-ring (bicyclic) bond motifs is 2. The molecule has 0 atom stereocenters. The molecule has 1 aliphatic heterocycles. The van der Waals surface area contributed by atoms with E-state index in [0.717, 1.165) is 45.2 Å². The quantitative estimate of drug-likeness (QED) is 0.374. The van der Waals surface area contributed by atoms with Crippen molar-refractivity contribution in [3.05, 3.63) is 88.4 Å². The van der Waals surface area contributed by atoms with Gasteiger partial charge >= 0.3 is 0 Å². The van der Waals surface area contributed by atoms with E-state index < -0.39 is 0 Å². The Morgan fingerprint density at radius 2 is 1.76 bits per heavy atom. The first-order chi connectivity index (χ1) is 14.2. The van der Waals surface area contributed by atoms with Crippen LogP contribution in [0.2, 0.25) is 5.02 Å². The molecule has 146 valence electrons. The summed E-state index contributed by atoms with van der Waals surface area (Å²) >= 11 is 8.17. The molecule has 0 saturated heterocycles. The Morgan fingerprint density at radius 1 is 1.00 bits per heavy atom. The van der Waals surface area contributed by atoms with Crippen LogP contribution < -0.4 is 5.32 Å². The Bertz CT molecular complexity index is 1090. The van der Waals surface area contributed by atoms with Crippen LogP contribution in [0.1, 0.15) is 41.3 Å². The Morgan fingerprint density at radius 3 is 2.55 bits per heavy atom. The molecule has 0 aliphatic carbocycles. The molecule has 0 saturated carbocycles. The van der Waals surface area contributed by atoms with Crippen LogP contribution in [0, 0.1) is 0 Å². The lowest BCUT2D eigenvalue weighted by molar-refractivity contribution is 0.0953. The summed E-state index contributed by atoms with van der Waals surface area (Å²) in [4.78, 5) is 19.6. The van der Waals surface area contributed by atoms with Crippen molar-refractivity contribution in [1.82, 2.24) is 5.32 Å². The van der Waals surface area contributed by atoms with Gasteiger partial charge in [0.1, 0.15) is 0 Å². The first-order valence-corrected chi connectivity index (χ1v) is 10.9. The minimum atomic E-state index is -0.0671. The van der Waals surface area contributed by atoms with Gasteiger partial charge in [-0.05, 0) is 36.8 Å². The van der Waals surface area contributed by atoms with E-state index in [1.165, 1.54) is 0 Å². The maximum atomic E-state index is 12.5. The molecule has 0 radical (unpaired) electrons. The van der Waals surface area contributed by atoms with Gasteiger partial charge in [-0.15, -0.1) is 0 Å². The zero-order chi connectivity index (χ0) is 20.2. The van der Waals surface area contributed by atoms with Crippen molar-refractivity contribution in [3.8, 4) is 0 Å². The van der Waals surface area contributed by atoms with Crippen LogP contribution in [-0.2, 0) is 0 Å². The number of unbranched alkanes of at least 4 members (excludes halogenated alkanes) is 1. The van der Waals surface area contributed by atoms with E-state index in [1.54, 1.807) is 11.8 Å². The SMILES string of the molecule is CCCCNC(=O)c1ccc2c(c1)N=C(c1ccccc1Cl)c1ccccc1S2. The molecule has 0 spiro atoms. The molecule has 0 bridgehead atoms. The number of nitrogens with one attached hydrogen (secondary N) is 1. The van der Waals surface area contributed by atoms with Crippen molar-refractivity contribution >= 4 is 40.7 Å². The van der Waals surface area contributed by atoms with Crippen molar-refractivity contribution in [1.29, 1.82) is 0 Å². The highest BCUT2D eigenvalue weighted by Gasteiger charge is 2.21. The molecule has 3 nitrogen and oxygen atoms in total. The Kier molecular flexibility index (Phi) is 6.02. The zero-order valence-corrected chi connectivity index (χ0v) is 17.7. The van der Waals surface area contributed by atoms with Gasteiger partial charge in [-0.2, -0.15) is 0 Å². The molecule has 4 rings (SSSR count). The van der Waals surface area contributed by atoms with Crippen molar-refractivity contribution in [2.75, 3.05) is 6.54 Å². The molecule has 0 fully saturated rings. The average Bonchev–Trinajstić information content (AvgIpc) is 2.90. The maximum absolute atomic E-state index is 12.5. The number of benzene rings is 3. The second kappa shape index (κ2) is 8.85. The van der Waals surface area contributed by atoms with Crippen LogP contribution in [0.3, 0.4) is 0 Å². The van der Waals surface area contributed by atoms with Gasteiger partial charge in [0.2, 0.25) is 0 Å². The Labute approximate surface area is 180 Å². The van der Waals surface area contributed by atoms with E-state index in [0.29, 0.717) is 17.1 Å². The number of carbonyl (C=O) groups is 1. The molecule has 0 aromatic heterocycles. The fourth-order valence-corrected chi connectivity index (χ4v) is 4.45. The summed E-state index contributed by atoms with van der Waals surface area (Å²) < 4.78 is 0. The molecular formula is C24H21ClN2OS. The van der Waals surface area contributed by atoms with E-state index >= 15 is 0 Å². The first kappa shape index (κ1) is 19.7. The number of aliphatic imine (C=N–C) groups is 1. The monoisotopic (exact) mass is 420 g/mol. The molecule has 0 unspecified atom stereocenters. The van der Waals surface area contributed by atoms with Gasteiger partial charge in [-0.1, -0.05) is 73.1 Å². The lowest BCUT2D eigenvalue weighted by Gasteiger charge is -2.10. The molecule has 1 N–H and O–H groups in total. The minimum Gasteiger partial charge on any atom is -0.352 e. The van der Waals surface area contributed by atoms with Crippen LogP contribution in [0.5, 0.6) is 0 Å². The average molecular weight is 421 g/mol. The smallest absolute Gasteiger partial charge is 0.251 e. The molecule has 3 aromatic rings.